The second kappa shape index (κ2) is 6.04. The first kappa shape index (κ1) is 14.5. The first-order chi connectivity index (χ1) is 10.0. The molecule has 2 aromatic carbocycles. The number of benzene rings is 2. The monoisotopic (exact) mass is 289 g/mol. The minimum absolute atomic E-state index is 0.0255. The Balaban J connectivity index is 2.26. The van der Waals surface area contributed by atoms with Crippen LogP contribution in [0.1, 0.15) is 20.7 Å². The molecule has 0 bridgehead atoms. The number of nitrogens with one attached hydrogen (secondary N) is 1. The number of ether oxygens (including phenoxy) is 1. The van der Waals surface area contributed by atoms with Crippen LogP contribution in [-0.4, -0.2) is 24.1 Å². The highest BCUT2D eigenvalue weighted by Crippen LogP contribution is 2.20. The normalized spacial score (nSPS) is 10.0. The van der Waals surface area contributed by atoms with E-state index >= 15 is 0 Å². The number of carbonyl (C=O) groups is 2. The van der Waals surface area contributed by atoms with Crippen molar-refractivity contribution in [1.82, 2.24) is 0 Å². The van der Waals surface area contributed by atoms with E-state index in [1.54, 1.807) is 12.1 Å². The maximum absolute atomic E-state index is 13.6. The number of amides is 1. The standard InChI is InChI=1S/C15H12FNO4/c1-21-13-7-6-9(8-11(13)16)14(18)17-12-5-3-2-4-10(12)15(19)20/h2-8H,1H3,(H,17,18)(H,19,20). The minimum Gasteiger partial charge on any atom is -0.494 e. The van der Waals surface area contributed by atoms with E-state index in [1.165, 1.54) is 31.4 Å². The first-order valence-electron chi connectivity index (χ1n) is 6.00. The summed E-state index contributed by atoms with van der Waals surface area (Å²) in [6.07, 6.45) is 0. The van der Waals surface area contributed by atoms with Crippen LogP contribution < -0.4 is 10.1 Å². The molecule has 1 amide bonds. The highest BCUT2D eigenvalue weighted by atomic mass is 19.1. The molecule has 0 radical (unpaired) electrons. The van der Waals surface area contributed by atoms with Gasteiger partial charge < -0.3 is 15.2 Å². The van der Waals surface area contributed by atoms with Crippen molar-refractivity contribution in [3.05, 3.63) is 59.4 Å². The third-order valence-corrected chi connectivity index (χ3v) is 2.82. The van der Waals surface area contributed by atoms with Gasteiger partial charge in [0, 0.05) is 5.56 Å². The van der Waals surface area contributed by atoms with E-state index in [4.69, 9.17) is 9.84 Å². The molecule has 0 atom stereocenters. The Hall–Kier alpha value is -2.89. The van der Waals surface area contributed by atoms with E-state index in [1.807, 2.05) is 0 Å². The van der Waals surface area contributed by atoms with Crippen molar-refractivity contribution >= 4 is 17.6 Å². The van der Waals surface area contributed by atoms with E-state index in [-0.39, 0.29) is 22.6 Å². The van der Waals surface area contributed by atoms with Crippen molar-refractivity contribution in [3.8, 4) is 5.75 Å². The molecule has 0 spiro atoms. The van der Waals surface area contributed by atoms with Crippen molar-refractivity contribution in [2.75, 3.05) is 12.4 Å². The highest BCUT2D eigenvalue weighted by molar-refractivity contribution is 6.07. The Bertz CT molecular complexity index is 700. The maximum atomic E-state index is 13.6. The van der Waals surface area contributed by atoms with Crippen LogP contribution >= 0.6 is 0 Å². The van der Waals surface area contributed by atoms with E-state index < -0.39 is 17.7 Å². The zero-order valence-electron chi connectivity index (χ0n) is 11.1. The number of methoxy groups -OCH3 is 1. The number of para-hydroxylation sites is 1. The number of hydrogen-bond donors (Lipinski definition) is 2. The second-order valence-electron chi connectivity index (χ2n) is 4.15. The van der Waals surface area contributed by atoms with Crippen molar-refractivity contribution < 1.29 is 23.8 Å². The van der Waals surface area contributed by atoms with Crippen molar-refractivity contribution in [2.24, 2.45) is 0 Å². The zero-order chi connectivity index (χ0) is 15.4. The van der Waals surface area contributed by atoms with Crippen LogP contribution in [0.4, 0.5) is 10.1 Å². The number of rotatable bonds is 4. The topological polar surface area (TPSA) is 75.6 Å². The lowest BCUT2D eigenvalue weighted by atomic mass is 10.1. The van der Waals surface area contributed by atoms with E-state index in [0.717, 1.165) is 6.07 Å². The molecule has 2 N–H and O–H groups in total. The number of halogens is 1. The van der Waals surface area contributed by atoms with Crippen molar-refractivity contribution in [1.29, 1.82) is 0 Å². The van der Waals surface area contributed by atoms with Gasteiger partial charge in [0.05, 0.1) is 18.4 Å². The Labute approximate surface area is 120 Å². The molecule has 0 aliphatic carbocycles. The molecule has 0 aromatic heterocycles. The summed E-state index contributed by atoms with van der Waals surface area (Å²) in [5.74, 6) is -2.41. The summed E-state index contributed by atoms with van der Waals surface area (Å²) in [6.45, 7) is 0. The van der Waals surface area contributed by atoms with Crippen LogP contribution in [0, 0.1) is 5.82 Å². The molecule has 108 valence electrons. The number of carboxylic acid groups (broad SMARTS) is 1. The quantitative estimate of drug-likeness (QED) is 0.907. The number of anilines is 1. The highest BCUT2D eigenvalue weighted by Gasteiger charge is 2.14. The fourth-order valence-electron chi connectivity index (χ4n) is 1.78. The third-order valence-electron chi connectivity index (χ3n) is 2.82. The lowest BCUT2D eigenvalue weighted by molar-refractivity contribution is 0.0698. The van der Waals surface area contributed by atoms with Crippen LogP contribution in [0.15, 0.2) is 42.5 Å². The lowest BCUT2D eigenvalue weighted by Gasteiger charge is -2.09. The van der Waals surface area contributed by atoms with Gasteiger partial charge in [-0.25, -0.2) is 9.18 Å². The molecule has 5 nitrogen and oxygen atoms in total. The summed E-state index contributed by atoms with van der Waals surface area (Å²) < 4.78 is 18.3. The molecule has 0 unspecified atom stereocenters. The third kappa shape index (κ3) is 3.17. The Morgan fingerprint density at radius 1 is 1.19 bits per heavy atom. The fraction of sp³-hybridized carbons (Fsp3) is 0.0667. The average molecular weight is 289 g/mol. The Morgan fingerprint density at radius 2 is 1.90 bits per heavy atom. The molecule has 2 rings (SSSR count). The molecule has 6 heteroatoms. The maximum Gasteiger partial charge on any atom is 0.337 e. The van der Waals surface area contributed by atoms with E-state index in [9.17, 15) is 14.0 Å². The number of aromatic carboxylic acids is 1. The summed E-state index contributed by atoms with van der Waals surface area (Å²) >= 11 is 0. The molecular formula is C15H12FNO4. The van der Waals surface area contributed by atoms with E-state index in [0.29, 0.717) is 0 Å². The molecule has 0 saturated carbocycles. The van der Waals surface area contributed by atoms with Crippen LogP contribution in [0.3, 0.4) is 0 Å². The molecule has 0 aliphatic rings. The van der Waals surface area contributed by atoms with Crippen LogP contribution in [0.2, 0.25) is 0 Å². The van der Waals surface area contributed by atoms with Crippen LogP contribution in [0.25, 0.3) is 0 Å². The van der Waals surface area contributed by atoms with Gasteiger partial charge in [-0.15, -0.1) is 0 Å². The summed E-state index contributed by atoms with van der Waals surface area (Å²) in [4.78, 5) is 23.1. The summed E-state index contributed by atoms with van der Waals surface area (Å²) in [6, 6.07) is 9.71. The predicted octanol–water partition coefficient (Wildman–Crippen LogP) is 2.78. The van der Waals surface area contributed by atoms with Gasteiger partial charge in [0.2, 0.25) is 0 Å². The first-order valence-corrected chi connectivity index (χ1v) is 6.00. The molecule has 0 fully saturated rings. The Morgan fingerprint density at radius 3 is 2.52 bits per heavy atom. The molecule has 0 aliphatic heterocycles. The van der Waals surface area contributed by atoms with E-state index in [2.05, 4.69) is 5.32 Å². The summed E-state index contributed by atoms with van der Waals surface area (Å²) in [5, 5.41) is 11.5. The van der Waals surface area contributed by atoms with Gasteiger partial charge in [-0.1, -0.05) is 12.1 Å². The van der Waals surface area contributed by atoms with Gasteiger partial charge in [0.25, 0.3) is 5.91 Å². The predicted molar refractivity (Wildman–Crippen MR) is 74.3 cm³/mol. The molecule has 0 saturated heterocycles. The summed E-state index contributed by atoms with van der Waals surface area (Å²) in [7, 11) is 1.32. The zero-order valence-corrected chi connectivity index (χ0v) is 11.1. The van der Waals surface area contributed by atoms with Crippen LogP contribution in [-0.2, 0) is 0 Å². The largest absolute Gasteiger partial charge is 0.494 e. The van der Waals surface area contributed by atoms with Gasteiger partial charge in [-0.2, -0.15) is 0 Å². The molecule has 0 heterocycles. The fourth-order valence-corrected chi connectivity index (χ4v) is 1.78. The van der Waals surface area contributed by atoms with Gasteiger partial charge in [-0.05, 0) is 30.3 Å². The van der Waals surface area contributed by atoms with Crippen molar-refractivity contribution in [3.63, 3.8) is 0 Å². The van der Waals surface area contributed by atoms with Gasteiger partial charge in [0.15, 0.2) is 11.6 Å². The van der Waals surface area contributed by atoms with Gasteiger partial charge in [0.1, 0.15) is 0 Å². The van der Waals surface area contributed by atoms with Gasteiger partial charge in [-0.3, -0.25) is 4.79 Å². The van der Waals surface area contributed by atoms with Crippen molar-refractivity contribution in [2.45, 2.75) is 0 Å². The summed E-state index contributed by atoms with van der Waals surface area (Å²) in [5.41, 5.74) is 0.166. The van der Waals surface area contributed by atoms with Gasteiger partial charge >= 0.3 is 5.97 Å². The smallest absolute Gasteiger partial charge is 0.337 e. The molecule has 21 heavy (non-hydrogen) atoms. The second-order valence-corrected chi connectivity index (χ2v) is 4.15. The molecular weight excluding hydrogens is 277 g/mol. The average Bonchev–Trinajstić information content (AvgIpc) is 2.47. The lowest BCUT2D eigenvalue weighted by Crippen LogP contribution is -2.15. The van der Waals surface area contributed by atoms with Crippen LogP contribution in [0.5, 0.6) is 5.75 Å². The minimum atomic E-state index is -1.16. The number of hydrogen-bond acceptors (Lipinski definition) is 3. The SMILES string of the molecule is COc1ccc(C(=O)Nc2ccccc2C(=O)O)cc1F. The number of carbonyl (C=O) groups excluding carboxylic acids is 1. The number of carboxylic acids is 1. The Kier molecular flexibility index (Phi) is 4.18. The molecule has 2 aromatic rings.